The first kappa shape index (κ1) is 19.9. The first-order valence-electron chi connectivity index (χ1n) is 8.51. The van der Waals surface area contributed by atoms with Crippen molar-refractivity contribution in [3.8, 4) is 0 Å². The molecule has 1 rings (SSSR count). The molecule has 0 radical (unpaired) electrons. The first-order chi connectivity index (χ1) is 11.5. The molecule has 1 saturated carbocycles. The molecule has 1 atom stereocenters. The lowest BCUT2D eigenvalue weighted by Gasteiger charge is -2.20. The molecule has 0 bridgehead atoms. The molecule has 24 heavy (non-hydrogen) atoms. The van der Waals surface area contributed by atoms with Crippen molar-refractivity contribution >= 4 is 24.2 Å². The van der Waals surface area contributed by atoms with Gasteiger partial charge in [-0.2, -0.15) is 0 Å². The number of amides is 3. The van der Waals surface area contributed by atoms with E-state index in [2.05, 4.69) is 16.0 Å². The number of hydrogen-bond acceptors (Lipinski definition) is 4. The van der Waals surface area contributed by atoms with E-state index in [0.29, 0.717) is 32.2 Å². The van der Waals surface area contributed by atoms with Crippen molar-refractivity contribution < 1.29 is 24.3 Å². The highest BCUT2D eigenvalue weighted by atomic mass is 16.4. The van der Waals surface area contributed by atoms with Crippen LogP contribution in [0.5, 0.6) is 0 Å². The summed E-state index contributed by atoms with van der Waals surface area (Å²) in [6, 6.07) is -0.895. The van der Waals surface area contributed by atoms with Gasteiger partial charge in [-0.25, -0.2) is 4.79 Å². The van der Waals surface area contributed by atoms with E-state index in [0.717, 1.165) is 25.7 Å². The maximum atomic E-state index is 11.9. The molecule has 0 saturated heterocycles. The molecule has 0 aromatic heterocycles. The standard InChI is InChI=1S/C16H27N3O5/c20-11-19-13(16(23)24)8-4-5-9-17-14(21)10-18-15(22)12-6-2-1-3-7-12/h11-13H,1-10H2,(H,17,21)(H,18,22)(H,19,20)(H,23,24)/t13-/m0/s1. The molecule has 0 heterocycles. The molecule has 1 aliphatic carbocycles. The fourth-order valence-corrected chi connectivity index (χ4v) is 2.80. The molecule has 0 unspecified atom stereocenters. The quantitative estimate of drug-likeness (QED) is 0.315. The number of carboxylic acid groups (broad SMARTS) is 1. The van der Waals surface area contributed by atoms with Gasteiger partial charge in [0.15, 0.2) is 0 Å². The fraction of sp³-hybridized carbons (Fsp3) is 0.750. The molecule has 0 aromatic carbocycles. The molecule has 0 aromatic rings. The highest BCUT2D eigenvalue weighted by Crippen LogP contribution is 2.23. The Morgan fingerprint density at radius 3 is 2.42 bits per heavy atom. The molecule has 1 fully saturated rings. The maximum Gasteiger partial charge on any atom is 0.326 e. The molecular weight excluding hydrogens is 314 g/mol. The second-order valence-electron chi connectivity index (χ2n) is 6.07. The second kappa shape index (κ2) is 11.4. The van der Waals surface area contributed by atoms with Crippen LogP contribution in [0.4, 0.5) is 0 Å². The van der Waals surface area contributed by atoms with Gasteiger partial charge in [0.05, 0.1) is 6.54 Å². The van der Waals surface area contributed by atoms with Crippen LogP contribution in [0.15, 0.2) is 0 Å². The summed E-state index contributed by atoms with van der Waals surface area (Å²) >= 11 is 0. The number of aliphatic carboxylic acids is 1. The van der Waals surface area contributed by atoms with Gasteiger partial charge < -0.3 is 21.1 Å². The summed E-state index contributed by atoms with van der Waals surface area (Å²) in [6.07, 6.45) is 6.95. The van der Waals surface area contributed by atoms with Gasteiger partial charge in [0, 0.05) is 12.5 Å². The molecule has 8 heteroatoms. The van der Waals surface area contributed by atoms with Crippen molar-refractivity contribution in [1.82, 2.24) is 16.0 Å². The van der Waals surface area contributed by atoms with E-state index < -0.39 is 12.0 Å². The summed E-state index contributed by atoms with van der Waals surface area (Å²) in [4.78, 5) is 44.6. The number of carbonyl (C=O) groups is 4. The fourth-order valence-electron chi connectivity index (χ4n) is 2.80. The van der Waals surface area contributed by atoms with Crippen LogP contribution in [0.3, 0.4) is 0 Å². The van der Waals surface area contributed by atoms with Crippen LogP contribution in [0.1, 0.15) is 51.4 Å². The zero-order valence-corrected chi connectivity index (χ0v) is 13.9. The predicted octanol–water partition coefficient (Wildman–Crippen LogP) is 0.169. The van der Waals surface area contributed by atoms with Crippen LogP contribution >= 0.6 is 0 Å². The van der Waals surface area contributed by atoms with Crippen molar-refractivity contribution in [2.24, 2.45) is 5.92 Å². The van der Waals surface area contributed by atoms with E-state index in [1.807, 2.05) is 0 Å². The Morgan fingerprint density at radius 1 is 1.08 bits per heavy atom. The molecule has 0 aliphatic heterocycles. The predicted molar refractivity (Wildman–Crippen MR) is 87.1 cm³/mol. The number of unbranched alkanes of at least 4 members (excludes halogenated alkanes) is 1. The van der Waals surface area contributed by atoms with Crippen LogP contribution in [0.25, 0.3) is 0 Å². The minimum atomic E-state index is -1.07. The first-order valence-corrected chi connectivity index (χ1v) is 8.51. The van der Waals surface area contributed by atoms with Crippen molar-refractivity contribution in [3.05, 3.63) is 0 Å². The Balaban J connectivity index is 2.08. The zero-order chi connectivity index (χ0) is 17.8. The third-order valence-corrected chi connectivity index (χ3v) is 4.21. The largest absolute Gasteiger partial charge is 0.480 e. The minimum absolute atomic E-state index is 0.0280. The number of hydrogen-bond donors (Lipinski definition) is 4. The van der Waals surface area contributed by atoms with Gasteiger partial charge in [-0.3, -0.25) is 14.4 Å². The SMILES string of the molecule is O=CN[C@@H](CCCCNC(=O)CNC(=O)C1CCCCC1)C(=O)O. The van der Waals surface area contributed by atoms with Crippen LogP contribution in [-0.2, 0) is 19.2 Å². The Kier molecular flexibility index (Phi) is 9.48. The summed E-state index contributed by atoms with van der Waals surface area (Å²) in [6.45, 7) is 0.380. The van der Waals surface area contributed by atoms with E-state index in [1.165, 1.54) is 6.42 Å². The average Bonchev–Trinajstić information content (AvgIpc) is 2.59. The summed E-state index contributed by atoms with van der Waals surface area (Å²) < 4.78 is 0. The minimum Gasteiger partial charge on any atom is -0.480 e. The van der Waals surface area contributed by atoms with Crippen LogP contribution in [0, 0.1) is 5.92 Å². The molecule has 0 spiro atoms. The van der Waals surface area contributed by atoms with Gasteiger partial charge in [-0.1, -0.05) is 19.3 Å². The van der Waals surface area contributed by atoms with E-state index in [-0.39, 0.29) is 24.3 Å². The molecule has 3 amide bonds. The Morgan fingerprint density at radius 2 is 1.79 bits per heavy atom. The summed E-state index contributed by atoms with van der Waals surface area (Å²) in [5, 5.41) is 16.4. The Labute approximate surface area is 141 Å². The monoisotopic (exact) mass is 341 g/mol. The van der Waals surface area contributed by atoms with Gasteiger partial charge in [0.2, 0.25) is 18.2 Å². The lowest BCUT2D eigenvalue weighted by Crippen LogP contribution is -2.40. The molecule has 136 valence electrons. The van der Waals surface area contributed by atoms with Crippen LogP contribution in [0.2, 0.25) is 0 Å². The van der Waals surface area contributed by atoms with E-state index in [9.17, 15) is 19.2 Å². The third kappa shape index (κ3) is 7.94. The number of nitrogens with one attached hydrogen (secondary N) is 3. The Bertz CT molecular complexity index is 435. The molecule has 1 aliphatic rings. The summed E-state index contributed by atoms with van der Waals surface area (Å²) in [7, 11) is 0. The van der Waals surface area contributed by atoms with E-state index in [4.69, 9.17) is 5.11 Å². The third-order valence-electron chi connectivity index (χ3n) is 4.21. The van der Waals surface area contributed by atoms with Crippen molar-refractivity contribution in [1.29, 1.82) is 0 Å². The smallest absolute Gasteiger partial charge is 0.326 e. The van der Waals surface area contributed by atoms with Gasteiger partial charge in [-0.05, 0) is 32.1 Å². The van der Waals surface area contributed by atoms with Gasteiger partial charge in [0.1, 0.15) is 6.04 Å². The van der Waals surface area contributed by atoms with Crippen LogP contribution < -0.4 is 16.0 Å². The normalized spacial score (nSPS) is 16.0. The number of carboxylic acids is 1. The number of carbonyl (C=O) groups excluding carboxylic acids is 3. The molecular formula is C16H27N3O5. The van der Waals surface area contributed by atoms with Crippen LogP contribution in [-0.4, -0.2) is 48.4 Å². The van der Waals surface area contributed by atoms with Gasteiger partial charge >= 0.3 is 5.97 Å². The van der Waals surface area contributed by atoms with E-state index >= 15 is 0 Å². The maximum absolute atomic E-state index is 11.9. The van der Waals surface area contributed by atoms with Crippen molar-refractivity contribution in [2.75, 3.05) is 13.1 Å². The average molecular weight is 341 g/mol. The zero-order valence-electron chi connectivity index (χ0n) is 13.9. The lowest BCUT2D eigenvalue weighted by molar-refractivity contribution is -0.140. The van der Waals surface area contributed by atoms with Crippen molar-refractivity contribution in [3.63, 3.8) is 0 Å². The van der Waals surface area contributed by atoms with Gasteiger partial charge in [-0.15, -0.1) is 0 Å². The van der Waals surface area contributed by atoms with Crippen molar-refractivity contribution in [2.45, 2.75) is 57.4 Å². The lowest BCUT2D eigenvalue weighted by atomic mass is 9.89. The Hall–Kier alpha value is -2.12. The van der Waals surface area contributed by atoms with E-state index in [1.54, 1.807) is 0 Å². The highest BCUT2D eigenvalue weighted by Gasteiger charge is 2.21. The highest BCUT2D eigenvalue weighted by molar-refractivity contribution is 5.85. The summed E-state index contributed by atoms with van der Waals surface area (Å²) in [5.74, 6) is -1.34. The topological polar surface area (TPSA) is 125 Å². The molecule has 4 N–H and O–H groups in total. The number of rotatable bonds is 11. The second-order valence-corrected chi connectivity index (χ2v) is 6.07. The molecule has 8 nitrogen and oxygen atoms in total. The van der Waals surface area contributed by atoms with Gasteiger partial charge in [0.25, 0.3) is 0 Å². The summed E-state index contributed by atoms with van der Waals surface area (Å²) in [5.41, 5.74) is 0.